The minimum Gasteiger partial charge on any atom is -0.494 e. The number of fused-ring (bicyclic) bond motifs is 1. The number of non-ortho nitro benzene ring substituents is 1. The van der Waals surface area contributed by atoms with E-state index in [2.05, 4.69) is 4.99 Å². The Bertz CT molecular complexity index is 1530. The first-order valence-electron chi connectivity index (χ1n) is 11.9. The molecule has 0 fully saturated rings. The minimum atomic E-state index is -0.731. The molecule has 3 aromatic rings. The van der Waals surface area contributed by atoms with Crippen molar-refractivity contribution in [3.63, 3.8) is 0 Å². The third-order valence-corrected chi connectivity index (χ3v) is 6.68. The van der Waals surface area contributed by atoms with Crippen molar-refractivity contribution >= 4 is 29.1 Å². The number of nitro benzene ring substituents is 1. The number of hydrogen-bond donors (Lipinski definition) is 0. The molecule has 1 unspecified atom stereocenters. The average molecular weight is 522 g/mol. The smallest absolute Gasteiger partial charge is 0.338 e. The van der Waals surface area contributed by atoms with Crippen LogP contribution in [0.15, 0.2) is 69.6 Å². The summed E-state index contributed by atoms with van der Waals surface area (Å²) < 4.78 is 13.0. The molecule has 0 bridgehead atoms. The van der Waals surface area contributed by atoms with Crippen LogP contribution in [0.25, 0.3) is 6.08 Å². The first kappa shape index (κ1) is 26.0. The molecule has 2 aromatic carbocycles. The van der Waals surface area contributed by atoms with Crippen LogP contribution in [-0.2, 0) is 9.53 Å². The van der Waals surface area contributed by atoms with E-state index in [4.69, 9.17) is 9.47 Å². The number of nitro groups is 1. The predicted molar refractivity (Wildman–Crippen MR) is 140 cm³/mol. The molecule has 1 aromatic heterocycles. The zero-order valence-corrected chi connectivity index (χ0v) is 21.8. The number of carbonyl (C=O) groups excluding carboxylic acids is 1. The Morgan fingerprint density at radius 2 is 1.86 bits per heavy atom. The molecular formula is C27H27N3O6S. The number of hydrogen-bond acceptors (Lipinski definition) is 8. The van der Waals surface area contributed by atoms with Gasteiger partial charge in [-0.25, -0.2) is 9.79 Å². The van der Waals surface area contributed by atoms with Crippen LogP contribution in [0.3, 0.4) is 0 Å². The number of nitrogens with zero attached hydrogens (tertiary/aromatic N) is 3. The summed E-state index contributed by atoms with van der Waals surface area (Å²) in [6.45, 7) is 8.29. The first-order valence-corrected chi connectivity index (χ1v) is 12.7. The lowest BCUT2D eigenvalue weighted by Crippen LogP contribution is -2.40. The van der Waals surface area contributed by atoms with Gasteiger partial charge in [-0.15, -0.1) is 0 Å². The normalized spacial score (nSPS) is 15.4. The summed E-state index contributed by atoms with van der Waals surface area (Å²) in [5.74, 6) is 0.316. The van der Waals surface area contributed by atoms with Crippen molar-refractivity contribution in [1.29, 1.82) is 0 Å². The Labute approximate surface area is 217 Å². The zero-order valence-electron chi connectivity index (χ0n) is 21.0. The molecule has 0 saturated carbocycles. The monoisotopic (exact) mass is 521 g/mol. The quantitative estimate of drug-likeness (QED) is 0.254. The van der Waals surface area contributed by atoms with Crippen LogP contribution in [0.5, 0.6) is 5.75 Å². The second-order valence-corrected chi connectivity index (χ2v) is 9.93. The molecule has 37 heavy (non-hydrogen) atoms. The van der Waals surface area contributed by atoms with Gasteiger partial charge in [0.05, 0.1) is 40.0 Å². The summed E-state index contributed by atoms with van der Waals surface area (Å²) in [6.07, 6.45) is 1.67. The van der Waals surface area contributed by atoms with Gasteiger partial charge in [0, 0.05) is 12.1 Å². The third-order valence-electron chi connectivity index (χ3n) is 5.70. The van der Waals surface area contributed by atoms with Crippen molar-refractivity contribution in [3.05, 3.63) is 101 Å². The Kier molecular flexibility index (Phi) is 7.68. The van der Waals surface area contributed by atoms with Crippen LogP contribution in [0.2, 0.25) is 0 Å². The molecule has 0 N–H and O–H groups in total. The van der Waals surface area contributed by atoms with E-state index >= 15 is 0 Å². The van der Waals surface area contributed by atoms with Crippen LogP contribution in [0.1, 0.15) is 44.9 Å². The van der Waals surface area contributed by atoms with Gasteiger partial charge >= 0.3 is 5.97 Å². The van der Waals surface area contributed by atoms with E-state index in [0.717, 1.165) is 5.56 Å². The van der Waals surface area contributed by atoms with Crippen LogP contribution < -0.4 is 19.6 Å². The van der Waals surface area contributed by atoms with Crippen molar-refractivity contribution in [2.45, 2.75) is 33.7 Å². The number of carbonyl (C=O) groups is 1. The fourth-order valence-corrected chi connectivity index (χ4v) is 5.02. The van der Waals surface area contributed by atoms with Gasteiger partial charge in [0.1, 0.15) is 5.75 Å². The summed E-state index contributed by atoms with van der Waals surface area (Å²) in [6, 6.07) is 12.5. The average Bonchev–Trinajstić information content (AvgIpc) is 3.17. The maximum Gasteiger partial charge on any atom is 0.338 e. The fourth-order valence-electron chi connectivity index (χ4n) is 3.97. The number of benzene rings is 2. The second-order valence-electron chi connectivity index (χ2n) is 8.92. The zero-order chi connectivity index (χ0) is 26.7. The van der Waals surface area contributed by atoms with E-state index in [0.29, 0.717) is 38.5 Å². The molecule has 0 amide bonds. The molecule has 10 heteroatoms. The van der Waals surface area contributed by atoms with E-state index < -0.39 is 16.9 Å². The lowest BCUT2D eigenvalue weighted by Gasteiger charge is -2.25. The molecule has 192 valence electrons. The molecule has 1 aliphatic rings. The molecule has 2 heterocycles. The van der Waals surface area contributed by atoms with Crippen molar-refractivity contribution in [3.8, 4) is 5.75 Å². The van der Waals surface area contributed by atoms with Gasteiger partial charge in [0.2, 0.25) is 0 Å². The van der Waals surface area contributed by atoms with Crippen LogP contribution in [0.4, 0.5) is 5.69 Å². The highest BCUT2D eigenvalue weighted by molar-refractivity contribution is 7.07. The minimum absolute atomic E-state index is 0.0331. The van der Waals surface area contributed by atoms with Gasteiger partial charge in [-0.2, -0.15) is 0 Å². The first-order chi connectivity index (χ1) is 17.7. The predicted octanol–water partition coefficient (Wildman–Crippen LogP) is 3.74. The molecule has 1 atom stereocenters. The lowest BCUT2D eigenvalue weighted by atomic mass is 9.96. The molecule has 0 radical (unpaired) electrons. The molecule has 0 saturated heterocycles. The maximum atomic E-state index is 13.7. The molecule has 0 spiro atoms. The van der Waals surface area contributed by atoms with Crippen molar-refractivity contribution in [2.24, 2.45) is 10.9 Å². The summed E-state index contributed by atoms with van der Waals surface area (Å²) in [4.78, 5) is 42.4. The van der Waals surface area contributed by atoms with E-state index in [1.807, 2.05) is 32.9 Å². The highest BCUT2D eigenvalue weighted by Crippen LogP contribution is 2.31. The van der Waals surface area contributed by atoms with Gasteiger partial charge in [-0.3, -0.25) is 19.5 Å². The second kappa shape index (κ2) is 10.9. The van der Waals surface area contributed by atoms with E-state index in [1.165, 1.54) is 28.0 Å². The number of esters is 1. The standard InChI is InChI=1S/C27H27N3O6S/c1-5-35-21-12-8-19(9-13-21)24-23(26(32)36-15-16(2)3)17(4)28-27-29(24)25(31)22(37-27)14-18-6-10-20(11-7-18)30(33)34/h6-14,16,24H,5,15H2,1-4H3. The number of aromatic nitrogens is 1. The molecule has 1 aliphatic heterocycles. The lowest BCUT2D eigenvalue weighted by molar-refractivity contribution is -0.384. The van der Waals surface area contributed by atoms with Gasteiger partial charge in [-0.05, 0) is 61.2 Å². The van der Waals surface area contributed by atoms with Crippen molar-refractivity contribution in [2.75, 3.05) is 13.2 Å². The fraction of sp³-hybridized carbons (Fsp3) is 0.296. The van der Waals surface area contributed by atoms with Crippen LogP contribution in [-0.4, -0.2) is 28.7 Å². The van der Waals surface area contributed by atoms with Crippen molar-refractivity contribution < 1.29 is 19.2 Å². The summed E-state index contributed by atoms with van der Waals surface area (Å²) in [5.41, 5.74) is 1.80. The molecular weight excluding hydrogens is 494 g/mol. The Morgan fingerprint density at radius 1 is 1.19 bits per heavy atom. The molecule has 4 rings (SSSR count). The van der Waals surface area contributed by atoms with E-state index in [9.17, 15) is 19.7 Å². The van der Waals surface area contributed by atoms with Crippen molar-refractivity contribution in [1.82, 2.24) is 4.57 Å². The van der Waals surface area contributed by atoms with Gasteiger partial charge in [0.15, 0.2) is 4.80 Å². The van der Waals surface area contributed by atoms with Gasteiger partial charge in [-0.1, -0.05) is 37.3 Å². The van der Waals surface area contributed by atoms with Crippen LogP contribution in [0, 0.1) is 16.0 Å². The largest absolute Gasteiger partial charge is 0.494 e. The SMILES string of the molecule is CCOc1ccc(C2C(C(=O)OCC(C)C)=C(C)N=c3sc(=Cc4ccc([N+](=O)[O-])cc4)c(=O)n32)cc1. The summed E-state index contributed by atoms with van der Waals surface area (Å²) in [5, 5.41) is 11.0. The number of thiazole rings is 1. The number of ether oxygens (including phenoxy) is 2. The van der Waals surface area contributed by atoms with Crippen LogP contribution >= 0.6 is 11.3 Å². The maximum absolute atomic E-state index is 13.7. The Balaban J connectivity index is 1.85. The highest BCUT2D eigenvalue weighted by Gasteiger charge is 2.33. The summed E-state index contributed by atoms with van der Waals surface area (Å²) in [7, 11) is 0. The number of rotatable bonds is 8. The Hall–Kier alpha value is -4.05. The topological polar surface area (TPSA) is 113 Å². The van der Waals surface area contributed by atoms with Gasteiger partial charge in [0.25, 0.3) is 11.2 Å². The van der Waals surface area contributed by atoms with E-state index in [1.54, 1.807) is 37.3 Å². The van der Waals surface area contributed by atoms with Gasteiger partial charge < -0.3 is 9.47 Å². The number of allylic oxidation sites excluding steroid dienone is 1. The third kappa shape index (κ3) is 5.54. The molecule has 9 nitrogen and oxygen atoms in total. The Morgan fingerprint density at radius 3 is 2.46 bits per heavy atom. The highest BCUT2D eigenvalue weighted by atomic mass is 32.1. The summed E-state index contributed by atoms with van der Waals surface area (Å²) >= 11 is 1.20. The van der Waals surface area contributed by atoms with E-state index in [-0.39, 0.29) is 23.8 Å². The molecule has 0 aliphatic carbocycles.